The summed E-state index contributed by atoms with van der Waals surface area (Å²) in [5.74, 6) is -0.972. The maximum Gasteiger partial charge on any atom is 0.340 e. The van der Waals surface area contributed by atoms with Crippen molar-refractivity contribution < 1.29 is 9.90 Å². The Labute approximate surface area is 99.4 Å². The monoisotopic (exact) mass is 278 g/mol. The molecule has 1 aromatic rings. The van der Waals surface area contributed by atoms with Gasteiger partial charge < -0.3 is 5.11 Å². The normalized spacial score (nSPS) is 8.13. The highest BCUT2D eigenvalue weighted by molar-refractivity contribution is 9.10. The minimum Gasteiger partial charge on any atom is -0.478 e. The molecule has 0 unspecified atom stereocenters. The second-order valence-electron chi connectivity index (χ2n) is 2.52. The first-order valence-corrected chi connectivity index (χ1v) is 5.74. The summed E-state index contributed by atoms with van der Waals surface area (Å²) in [6, 6.07) is 0. The molecule has 0 aliphatic rings. The SMILES string of the molecule is CC.CCC.Cn1cc(C(=O)O)c(Br)n1. The van der Waals surface area contributed by atoms with E-state index in [9.17, 15) is 4.79 Å². The average molecular weight is 279 g/mol. The van der Waals surface area contributed by atoms with Crippen LogP contribution in [0.5, 0.6) is 0 Å². The molecule has 0 spiro atoms. The first kappa shape index (κ1) is 16.6. The third-order valence-corrected chi connectivity index (χ3v) is 1.60. The molecular weight excluding hydrogens is 260 g/mol. The molecule has 1 aromatic heterocycles. The van der Waals surface area contributed by atoms with E-state index in [1.54, 1.807) is 7.05 Å². The van der Waals surface area contributed by atoms with E-state index in [2.05, 4.69) is 34.9 Å². The fraction of sp³-hybridized carbons (Fsp3) is 0.600. The molecule has 1 N–H and O–H groups in total. The Bertz CT molecular complexity index is 285. The van der Waals surface area contributed by atoms with E-state index in [-0.39, 0.29) is 5.56 Å². The lowest BCUT2D eigenvalue weighted by molar-refractivity contribution is 0.0696. The summed E-state index contributed by atoms with van der Waals surface area (Å²) in [4.78, 5) is 10.4. The van der Waals surface area contributed by atoms with Crippen LogP contribution in [-0.4, -0.2) is 20.9 Å². The van der Waals surface area contributed by atoms with Crippen LogP contribution in [-0.2, 0) is 7.05 Å². The summed E-state index contributed by atoms with van der Waals surface area (Å²) < 4.78 is 1.80. The van der Waals surface area contributed by atoms with Crippen molar-refractivity contribution in [2.24, 2.45) is 7.05 Å². The molecule has 0 aliphatic heterocycles. The zero-order valence-electron chi connectivity index (χ0n) is 9.91. The minimum absolute atomic E-state index is 0.183. The van der Waals surface area contributed by atoms with Gasteiger partial charge in [-0.2, -0.15) is 5.10 Å². The Balaban J connectivity index is 0. The molecule has 0 saturated carbocycles. The number of hydrogen-bond donors (Lipinski definition) is 1. The standard InChI is InChI=1S/C5H5BrN2O2.C3H8.C2H6/c1-8-2-3(5(9)10)4(6)7-8;1-3-2;1-2/h2H,1H3,(H,9,10);3H2,1-2H3;1-2H3. The summed E-state index contributed by atoms with van der Waals surface area (Å²) >= 11 is 3.00. The fourth-order valence-electron chi connectivity index (χ4n) is 0.605. The van der Waals surface area contributed by atoms with Gasteiger partial charge in [-0.25, -0.2) is 4.79 Å². The number of rotatable bonds is 1. The van der Waals surface area contributed by atoms with Gasteiger partial charge in [0, 0.05) is 13.2 Å². The van der Waals surface area contributed by atoms with Crippen LogP contribution in [0.3, 0.4) is 0 Å². The van der Waals surface area contributed by atoms with Gasteiger partial charge in [0.25, 0.3) is 0 Å². The molecule has 0 radical (unpaired) electrons. The number of aromatic carboxylic acids is 1. The number of carboxylic acids is 1. The van der Waals surface area contributed by atoms with Crippen molar-refractivity contribution in [3.63, 3.8) is 0 Å². The number of hydrogen-bond acceptors (Lipinski definition) is 2. The first-order valence-electron chi connectivity index (χ1n) is 4.95. The lowest BCUT2D eigenvalue weighted by atomic mass is 10.4. The highest BCUT2D eigenvalue weighted by Crippen LogP contribution is 2.12. The van der Waals surface area contributed by atoms with Crippen molar-refractivity contribution >= 4 is 21.9 Å². The van der Waals surface area contributed by atoms with Gasteiger partial charge in [-0.05, 0) is 15.9 Å². The number of halogens is 1. The summed E-state index contributed by atoms with van der Waals surface area (Å²) in [6.45, 7) is 8.25. The van der Waals surface area contributed by atoms with Gasteiger partial charge in [0.05, 0.1) is 0 Å². The van der Waals surface area contributed by atoms with Gasteiger partial charge in [0.15, 0.2) is 0 Å². The third-order valence-electron chi connectivity index (χ3n) is 1.01. The molecule has 0 fully saturated rings. The van der Waals surface area contributed by atoms with Crippen LogP contribution in [0, 0.1) is 0 Å². The second kappa shape index (κ2) is 9.71. The smallest absolute Gasteiger partial charge is 0.340 e. The molecule has 1 rings (SSSR count). The molecule has 0 bridgehead atoms. The van der Waals surface area contributed by atoms with E-state index in [1.807, 2.05) is 13.8 Å². The first-order chi connectivity index (χ1) is 7.02. The minimum atomic E-state index is -0.972. The van der Waals surface area contributed by atoms with E-state index in [1.165, 1.54) is 17.3 Å². The Morgan fingerprint density at radius 2 is 1.93 bits per heavy atom. The lowest BCUT2D eigenvalue weighted by Crippen LogP contribution is -1.94. The molecule has 0 aliphatic carbocycles. The summed E-state index contributed by atoms with van der Waals surface area (Å²) in [7, 11) is 1.66. The molecule has 88 valence electrons. The average Bonchev–Trinajstić information content (AvgIpc) is 2.50. The highest BCUT2D eigenvalue weighted by Gasteiger charge is 2.10. The Kier molecular flexibility index (Phi) is 10.7. The van der Waals surface area contributed by atoms with Gasteiger partial charge in [0.1, 0.15) is 10.2 Å². The van der Waals surface area contributed by atoms with Crippen LogP contribution in [0.25, 0.3) is 0 Å². The summed E-state index contributed by atoms with van der Waals surface area (Å²) in [6.07, 6.45) is 2.69. The summed E-state index contributed by atoms with van der Waals surface area (Å²) in [5.41, 5.74) is 0.183. The van der Waals surface area contributed by atoms with Crippen molar-refractivity contribution in [1.29, 1.82) is 0 Å². The molecule has 4 nitrogen and oxygen atoms in total. The van der Waals surface area contributed by atoms with E-state index in [4.69, 9.17) is 5.11 Å². The highest BCUT2D eigenvalue weighted by atomic mass is 79.9. The van der Waals surface area contributed by atoms with E-state index >= 15 is 0 Å². The molecule has 5 heteroatoms. The lowest BCUT2D eigenvalue weighted by Gasteiger charge is -1.82. The van der Waals surface area contributed by atoms with Crippen LogP contribution >= 0.6 is 15.9 Å². The Morgan fingerprint density at radius 3 is 2.07 bits per heavy atom. The van der Waals surface area contributed by atoms with Gasteiger partial charge in [-0.3, -0.25) is 4.68 Å². The van der Waals surface area contributed by atoms with Crippen LogP contribution in [0.4, 0.5) is 0 Å². The largest absolute Gasteiger partial charge is 0.478 e. The quantitative estimate of drug-likeness (QED) is 0.857. The maximum atomic E-state index is 10.4. The number of aryl methyl sites for hydroxylation is 1. The zero-order chi connectivity index (χ0) is 12.4. The van der Waals surface area contributed by atoms with Crippen molar-refractivity contribution in [2.75, 3.05) is 0 Å². The van der Waals surface area contributed by atoms with Gasteiger partial charge in [-0.15, -0.1) is 0 Å². The molecule has 15 heavy (non-hydrogen) atoms. The molecule has 1 heterocycles. The molecule has 0 amide bonds. The molecule has 0 saturated heterocycles. The zero-order valence-corrected chi connectivity index (χ0v) is 11.5. The predicted octanol–water partition coefficient (Wildman–Crippen LogP) is 3.32. The van der Waals surface area contributed by atoms with Crippen molar-refractivity contribution in [1.82, 2.24) is 9.78 Å². The van der Waals surface area contributed by atoms with Crippen LogP contribution < -0.4 is 0 Å². The van der Waals surface area contributed by atoms with Crippen molar-refractivity contribution in [2.45, 2.75) is 34.1 Å². The predicted molar refractivity (Wildman–Crippen MR) is 65.2 cm³/mol. The summed E-state index contributed by atoms with van der Waals surface area (Å²) in [5, 5.41) is 12.3. The van der Waals surface area contributed by atoms with E-state index in [0.717, 1.165) is 0 Å². The van der Waals surface area contributed by atoms with Crippen molar-refractivity contribution in [3.8, 4) is 0 Å². The van der Waals surface area contributed by atoms with E-state index < -0.39 is 5.97 Å². The Hall–Kier alpha value is -0.840. The second-order valence-corrected chi connectivity index (χ2v) is 3.27. The third kappa shape index (κ3) is 7.13. The number of carbonyl (C=O) groups is 1. The van der Waals surface area contributed by atoms with Crippen LogP contribution in [0.15, 0.2) is 10.8 Å². The topological polar surface area (TPSA) is 55.1 Å². The maximum absolute atomic E-state index is 10.4. The fourth-order valence-corrected chi connectivity index (χ4v) is 1.13. The number of aromatic nitrogens is 2. The molecule has 0 aromatic carbocycles. The van der Waals surface area contributed by atoms with E-state index in [0.29, 0.717) is 4.60 Å². The molecule has 0 atom stereocenters. The van der Waals surface area contributed by atoms with Crippen LogP contribution in [0.2, 0.25) is 0 Å². The van der Waals surface area contributed by atoms with Gasteiger partial charge in [-0.1, -0.05) is 34.1 Å². The van der Waals surface area contributed by atoms with Gasteiger partial charge in [0.2, 0.25) is 0 Å². The Morgan fingerprint density at radius 1 is 1.53 bits per heavy atom. The molecular formula is C10H19BrN2O2. The van der Waals surface area contributed by atoms with Crippen molar-refractivity contribution in [3.05, 3.63) is 16.4 Å². The number of nitrogens with zero attached hydrogens (tertiary/aromatic N) is 2. The number of carboxylic acid groups (broad SMARTS) is 1. The van der Waals surface area contributed by atoms with Crippen LogP contribution in [0.1, 0.15) is 44.5 Å². The van der Waals surface area contributed by atoms with Gasteiger partial charge >= 0.3 is 5.97 Å².